The Morgan fingerprint density at radius 2 is 2.00 bits per heavy atom. The highest BCUT2D eigenvalue weighted by Crippen LogP contribution is 2.27. The number of benzene rings is 1. The lowest BCUT2D eigenvalue weighted by atomic mass is 10.1. The molecule has 0 radical (unpaired) electrons. The maximum atomic E-state index is 12.3. The summed E-state index contributed by atoms with van der Waals surface area (Å²) in [5, 5.41) is 11.7. The van der Waals surface area contributed by atoms with Crippen molar-refractivity contribution in [3.63, 3.8) is 0 Å². The summed E-state index contributed by atoms with van der Waals surface area (Å²) in [6.45, 7) is 5.05. The number of hydrogen-bond donors (Lipinski definition) is 1. The molecule has 126 valence electrons. The zero-order valence-electron chi connectivity index (χ0n) is 13.9. The van der Waals surface area contributed by atoms with Crippen LogP contribution in [-0.4, -0.2) is 27.4 Å². The molecule has 1 aromatic heterocycles. The third-order valence-electron chi connectivity index (χ3n) is 3.77. The second-order valence-electron chi connectivity index (χ2n) is 6.10. The van der Waals surface area contributed by atoms with Crippen molar-refractivity contribution in [2.45, 2.75) is 26.3 Å². The fourth-order valence-electron chi connectivity index (χ4n) is 2.37. The molecular weight excluding hydrogens is 322 g/mol. The maximum absolute atomic E-state index is 12.3. The molecule has 2 aromatic rings. The number of urea groups is 1. The number of amides is 3. The van der Waals surface area contributed by atoms with E-state index in [2.05, 4.69) is 21.4 Å². The molecule has 0 atom stereocenters. The summed E-state index contributed by atoms with van der Waals surface area (Å²) in [6, 6.07) is 7.97. The summed E-state index contributed by atoms with van der Waals surface area (Å²) < 4.78 is 5.63. The number of hydrogen-bond acceptors (Lipinski definition) is 6. The van der Waals surface area contributed by atoms with Gasteiger partial charge in [-0.05, 0) is 38.5 Å². The van der Waals surface area contributed by atoms with Crippen LogP contribution >= 0.6 is 0 Å². The molecule has 8 nitrogen and oxygen atoms in total. The van der Waals surface area contributed by atoms with Gasteiger partial charge in [-0.3, -0.25) is 4.79 Å². The summed E-state index contributed by atoms with van der Waals surface area (Å²) in [4.78, 5) is 33.3. The molecule has 2 heterocycles. The molecule has 3 amide bonds. The first-order chi connectivity index (χ1) is 11.8. The molecule has 8 heteroatoms. The van der Waals surface area contributed by atoms with Gasteiger partial charge in [-0.15, -0.1) is 0 Å². The standard InChI is InChI=1S/C17H15N5O3/c1-10-4-5-12(6-11(10)8-18)25-14-7-13(19-9-20-14)22-15(23)17(2,3)21-16(22)24/h4-7,9H,1-3H3,(H,21,24). The first-order valence-corrected chi connectivity index (χ1v) is 7.49. The summed E-state index contributed by atoms with van der Waals surface area (Å²) in [6.07, 6.45) is 1.20. The van der Waals surface area contributed by atoms with Crippen LogP contribution in [0.1, 0.15) is 25.0 Å². The van der Waals surface area contributed by atoms with Crippen molar-refractivity contribution in [3.05, 3.63) is 41.7 Å². The topological polar surface area (TPSA) is 108 Å². The van der Waals surface area contributed by atoms with E-state index in [1.165, 1.54) is 12.4 Å². The van der Waals surface area contributed by atoms with Crippen LogP contribution in [0.15, 0.2) is 30.6 Å². The lowest BCUT2D eigenvalue weighted by molar-refractivity contribution is -0.121. The predicted octanol–water partition coefficient (Wildman–Crippen LogP) is 2.28. The molecule has 0 saturated carbocycles. The molecule has 0 bridgehead atoms. The number of ether oxygens (including phenoxy) is 1. The zero-order valence-corrected chi connectivity index (χ0v) is 13.9. The van der Waals surface area contributed by atoms with Crippen LogP contribution in [0.3, 0.4) is 0 Å². The normalized spacial score (nSPS) is 15.7. The number of imide groups is 1. The van der Waals surface area contributed by atoms with Crippen LogP contribution in [-0.2, 0) is 4.79 Å². The molecule has 0 aliphatic carbocycles. The van der Waals surface area contributed by atoms with Crippen molar-refractivity contribution in [3.8, 4) is 17.7 Å². The summed E-state index contributed by atoms with van der Waals surface area (Å²) in [7, 11) is 0. The van der Waals surface area contributed by atoms with Gasteiger partial charge in [0.1, 0.15) is 17.6 Å². The molecule has 1 saturated heterocycles. The average Bonchev–Trinajstić information content (AvgIpc) is 2.77. The number of rotatable bonds is 3. The summed E-state index contributed by atoms with van der Waals surface area (Å²) in [5.41, 5.74) is 0.323. The number of nitrogens with zero attached hydrogens (tertiary/aromatic N) is 4. The van der Waals surface area contributed by atoms with Crippen molar-refractivity contribution in [1.29, 1.82) is 5.26 Å². The monoisotopic (exact) mass is 337 g/mol. The quantitative estimate of drug-likeness (QED) is 0.861. The molecule has 25 heavy (non-hydrogen) atoms. The van der Waals surface area contributed by atoms with Gasteiger partial charge in [0.25, 0.3) is 5.91 Å². The highest BCUT2D eigenvalue weighted by atomic mass is 16.5. The second kappa shape index (κ2) is 5.87. The van der Waals surface area contributed by atoms with Gasteiger partial charge >= 0.3 is 6.03 Å². The molecule has 1 fully saturated rings. The fourth-order valence-corrected chi connectivity index (χ4v) is 2.37. The minimum Gasteiger partial charge on any atom is -0.439 e. The van der Waals surface area contributed by atoms with E-state index >= 15 is 0 Å². The van der Waals surface area contributed by atoms with E-state index in [1.807, 2.05) is 6.92 Å². The SMILES string of the molecule is Cc1ccc(Oc2cc(N3C(=O)NC(C)(C)C3=O)ncn2)cc1C#N. The smallest absolute Gasteiger partial charge is 0.330 e. The molecule has 1 aromatic carbocycles. The summed E-state index contributed by atoms with van der Waals surface area (Å²) in [5.74, 6) is 0.280. The first-order valence-electron chi connectivity index (χ1n) is 7.49. The maximum Gasteiger partial charge on any atom is 0.330 e. The van der Waals surface area contributed by atoms with Crippen LogP contribution in [0.4, 0.5) is 10.6 Å². The zero-order chi connectivity index (χ0) is 18.2. The highest BCUT2D eigenvalue weighted by Gasteiger charge is 2.45. The molecule has 1 aliphatic rings. The van der Waals surface area contributed by atoms with Crippen LogP contribution < -0.4 is 15.0 Å². The van der Waals surface area contributed by atoms with E-state index in [9.17, 15) is 9.59 Å². The Labute approximate surface area is 144 Å². The van der Waals surface area contributed by atoms with Gasteiger partial charge in [0.05, 0.1) is 11.6 Å². The van der Waals surface area contributed by atoms with Gasteiger partial charge in [0.2, 0.25) is 5.88 Å². The average molecular weight is 337 g/mol. The van der Waals surface area contributed by atoms with Crippen LogP contribution in [0.2, 0.25) is 0 Å². The van der Waals surface area contributed by atoms with Crippen LogP contribution in [0, 0.1) is 18.3 Å². The van der Waals surface area contributed by atoms with Gasteiger partial charge in [0, 0.05) is 6.07 Å². The lowest BCUT2D eigenvalue weighted by Gasteiger charge is -2.15. The number of aromatic nitrogens is 2. The van der Waals surface area contributed by atoms with Crippen LogP contribution in [0.25, 0.3) is 0 Å². The van der Waals surface area contributed by atoms with E-state index in [0.29, 0.717) is 11.3 Å². The van der Waals surface area contributed by atoms with Gasteiger partial charge in [-0.25, -0.2) is 19.7 Å². The van der Waals surface area contributed by atoms with Crippen molar-refractivity contribution in [2.75, 3.05) is 4.90 Å². The minimum absolute atomic E-state index is 0.116. The minimum atomic E-state index is -0.998. The van der Waals surface area contributed by atoms with Gasteiger partial charge in [0.15, 0.2) is 5.82 Å². The number of carbonyl (C=O) groups excluding carboxylic acids is 2. The predicted molar refractivity (Wildman–Crippen MR) is 88.1 cm³/mol. The Bertz CT molecular complexity index is 917. The lowest BCUT2D eigenvalue weighted by Crippen LogP contribution is -2.40. The van der Waals surface area contributed by atoms with E-state index in [4.69, 9.17) is 10.00 Å². The van der Waals surface area contributed by atoms with Gasteiger partial charge in [-0.2, -0.15) is 5.26 Å². The second-order valence-corrected chi connectivity index (χ2v) is 6.10. The molecule has 0 spiro atoms. The first kappa shape index (κ1) is 16.4. The Kier molecular flexibility index (Phi) is 3.85. The van der Waals surface area contributed by atoms with Gasteiger partial charge < -0.3 is 10.1 Å². The number of aryl methyl sites for hydroxylation is 1. The fraction of sp³-hybridized carbons (Fsp3) is 0.235. The Hall–Kier alpha value is -3.47. The number of anilines is 1. The molecule has 1 N–H and O–H groups in total. The van der Waals surface area contributed by atoms with Crippen molar-refractivity contribution < 1.29 is 14.3 Å². The molecular formula is C17H15N5O3. The highest BCUT2D eigenvalue weighted by molar-refractivity contribution is 6.22. The largest absolute Gasteiger partial charge is 0.439 e. The Balaban J connectivity index is 1.89. The third-order valence-corrected chi connectivity index (χ3v) is 3.77. The Morgan fingerprint density at radius 1 is 1.24 bits per heavy atom. The van der Waals surface area contributed by atoms with Gasteiger partial charge in [-0.1, -0.05) is 6.07 Å². The third kappa shape index (κ3) is 2.99. The van der Waals surface area contributed by atoms with E-state index < -0.39 is 17.5 Å². The van der Waals surface area contributed by atoms with Crippen molar-refractivity contribution in [1.82, 2.24) is 15.3 Å². The van der Waals surface area contributed by atoms with Crippen LogP contribution in [0.5, 0.6) is 11.6 Å². The summed E-state index contributed by atoms with van der Waals surface area (Å²) >= 11 is 0. The van der Waals surface area contributed by atoms with Crippen molar-refractivity contribution in [2.24, 2.45) is 0 Å². The Morgan fingerprint density at radius 3 is 2.64 bits per heavy atom. The molecule has 0 unspecified atom stereocenters. The van der Waals surface area contributed by atoms with E-state index in [0.717, 1.165) is 10.5 Å². The number of carbonyl (C=O) groups is 2. The van der Waals surface area contributed by atoms with E-state index in [1.54, 1.807) is 32.0 Å². The number of nitriles is 1. The number of nitrogens with one attached hydrogen (secondary N) is 1. The van der Waals surface area contributed by atoms with E-state index in [-0.39, 0.29) is 11.7 Å². The molecule has 1 aliphatic heterocycles. The molecule has 3 rings (SSSR count). The van der Waals surface area contributed by atoms with Crippen molar-refractivity contribution >= 4 is 17.8 Å².